The zero-order valence-electron chi connectivity index (χ0n) is 11.4. The monoisotopic (exact) mass is 266 g/mol. The lowest BCUT2D eigenvalue weighted by molar-refractivity contribution is 0.0692. The molecule has 1 heterocycles. The summed E-state index contributed by atoms with van der Waals surface area (Å²) in [5.41, 5.74) is 0.597. The van der Waals surface area contributed by atoms with Crippen molar-refractivity contribution in [3.8, 4) is 0 Å². The van der Waals surface area contributed by atoms with Crippen LogP contribution in [-0.2, 0) is 4.74 Å². The maximum Gasteiger partial charge on any atom is 0.337 e. The van der Waals surface area contributed by atoms with Gasteiger partial charge >= 0.3 is 5.97 Å². The van der Waals surface area contributed by atoms with Gasteiger partial charge in [-0.2, -0.15) is 0 Å². The highest BCUT2D eigenvalue weighted by Crippen LogP contribution is 2.07. The van der Waals surface area contributed by atoms with Crippen molar-refractivity contribution in [2.24, 2.45) is 0 Å². The fraction of sp³-hybridized carbons (Fsp3) is 0.462. The van der Waals surface area contributed by atoms with Gasteiger partial charge in [0.25, 0.3) is 5.91 Å². The normalized spacial score (nSPS) is 13.7. The first-order valence-corrected chi connectivity index (χ1v) is 5.91. The van der Waals surface area contributed by atoms with Crippen LogP contribution in [0.25, 0.3) is 0 Å². The summed E-state index contributed by atoms with van der Waals surface area (Å²) in [6, 6.07) is 2.61. The molecule has 0 aliphatic heterocycles. The Kier molecular flexibility index (Phi) is 5.00. The van der Waals surface area contributed by atoms with E-state index in [0.29, 0.717) is 5.69 Å². The van der Waals surface area contributed by atoms with Gasteiger partial charge in [-0.25, -0.2) is 9.78 Å². The van der Waals surface area contributed by atoms with Crippen LogP contribution in [0.5, 0.6) is 0 Å². The number of carboxylic acid groups (broad SMARTS) is 1. The number of aromatic nitrogens is 1. The Morgan fingerprint density at radius 2 is 2.00 bits per heavy atom. The van der Waals surface area contributed by atoms with Crippen molar-refractivity contribution in [1.82, 2.24) is 10.3 Å². The highest BCUT2D eigenvalue weighted by atomic mass is 16.5. The van der Waals surface area contributed by atoms with E-state index in [-0.39, 0.29) is 29.3 Å². The lowest BCUT2D eigenvalue weighted by Crippen LogP contribution is -2.41. The fourth-order valence-corrected chi connectivity index (χ4v) is 1.52. The van der Waals surface area contributed by atoms with Crippen molar-refractivity contribution >= 4 is 11.9 Å². The highest BCUT2D eigenvalue weighted by molar-refractivity contribution is 5.94. The minimum absolute atomic E-state index is 0.0925. The summed E-state index contributed by atoms with van der Waals surface area (Å²) in [6.45, 7) is 5.23. The number of nitrogens with zero attached hydrogens (tertiary/aromatic N) is 1. The van der Waals surface area contributed by atoms with Gasteiger partial charge in [0, 0.05) is 7.11 Å². The first-order valence-electron chi connectivity index (χ1n) is 5.91. The summed E-state index contributed by atoms with van der Waals surface area (Å²) in [5.74, 6) is -1.41. The smallest absolute Gasteiger partial charge is 0.337 e. The van der Waals surface area contributed by atoms with Crippen molar-refractivity contribution in [3.05, 3.63) is 29.1 Å². The predicted octanol–water partition coefficient (Wildman–Crippen LogP) is 1.24. The Balaban J connectivity index is 2.84. The van der Waals surface area contributed by atoms with Crippen LogP contribution in [-0.4, -0.2) is 41.2 Å². The molecule has 0 aromatic carbocycles. The molecule has 0 spiro atoms. The SMILES string of the molecule is COC(C)[C@H](C)NC(=O)c1ccc(C(=O)O)c(C)n1. The molecule has 2 N–H and O–H groups in total. The lowest BCUT2D eigenvalue weighted by atomic mass is 10.1. The Labute approximate surface area is 111 Å². The number of hydrogen-bond acceptors (Lipinski definition) is 4. The maximum absolute atomic E-state index is 11.9. The molecular weight excluding hydrogens is 248 g/mol. The number of carbonyl (C=O) groups is 2. The Morgan fingerprint density at radius 3 is 2.47 bits per heavy atom. The standard InChI is InChI=1S/C13H18N2O4/c1-7(9(3)19-4)15-12(16)11-6-5-10(13(17)18)8(2)14-11/h5-7,9H,1-4H3,(H,15,16)(H,17,18)/t7-,9?/m0/s1. The van der Waals surface area contributed by atoms with E-state index in [9.17, 15) is 9.59 Å². The molecule has 0 aliphatic carbocycles. The largest absolute Gasteiger partial charge is 0.478 e. The average Bonchev–Trinajstić information content (AvgIpc) is 2.36. The van der Waals surface area contributed by atoms with Gasteiger partial charge in [-0.05, 0) is 32.9 Å². The number of nitrogens with one attached hydrogen (secondary N) is 1. The fourth-order valence-electron chi connectivity index (χ4n) is 1.52. The van der Waals surface area contributed by atoms with Gasteiger partial charge in [0.05, 0.1) is 23.4 Å². The molecule has 0 bridgehead atoms. The summed E-state index contributed by atoms with van der Waals surface area (Å²) in [6.07, 6.45) is -0.122. The van der Waals surface area contributed by atoms with E-state index in [4.69, 9.17) is 9.84 Å². The molecule has 1 unspecified atom stereocenters. The molecule has 0 aliphatic rings. The van der Waals surface area contributed by atoms with Crippen molar-refractivity contribution in [3.63, 3.8) is 0 Å². The van der Waals surface area contributed by atoms with Gasteiger partial charge in [-0.3, -0.25) is 4.79 Å². The summed E-state index contributed by atoms with van der Waals surface area (Å²) in [5, 5.41) is 11.6. The third kappa shape index (κ3) is 3.75. The van der Waals surface area contributed by atoms with Crippen LogP contribution < -0.4 is 5.32 Å². The Morgan fingerprint density at radius 1 is 1.37 bits per heavy atom. The van der Waals surface area contributed by atoms with Crippen LogP contribution in [0.3, 0.4) is 0 Å². The van der Waals surface area contributed by atoms with Gasteiger partial charge in [0.15, 0.2) is 0 Å². The zero-order valence-corrected chi connectivity index (χ0v) is 11.4. The second-order valence-corrected chi connectivity index (χ2v) is 4.34. The van der Waals surface area contributed by atoms with E-state index in [1.54, 1.807) is 14.0 Å². The minimum Gasteiger partial charge on any atom is -0.478 e. The number of methoxy groups -OCH3 is 1. The first-order chi connectivity index (χ1) is 8.86. The van der Waals surface area contributed by atoms with Gasteiger partial charge in [-0.1, -0.05) is 0 Å². The molecule has 6 heteroatoms. The van der Waals surface area contributed by atoms with Crippen molar-refractivity contribution in [1.29, 1.82) is 0 Å². The lowest BCUT2D eigenvalue weighted by Gasteiger charge is -2.19. The highest BCUT2D eigenvalue weighted by Gasteiger charge is 2.17. The van der Waals surface area contributed by atoms with Crippen LogP contribution in [0.1, 0.15) is 40.4 Å². The van der Waals surface area contributed by atoms with E-state index in [2.05, 4.69) is 10.3 Å². The molecule has 0 radical (unpaired) electrons. The summed E-state index contributed by atoms with van der Waals surface area (Å²) >= 11 is 0. The topological polar surface area (TPSA) is 88.5 Å². The molecule has 19 heavy (non-hydrogen) atoms. The molecule has 0 fully saturated rings. The number of amides is 1. The Hall–Kier alpha value is -1.95. The van der Waals surface area contributed by atoms with Crippen molar-refractivity contribution in [2.75, 3.05) is 7.11 Å². The van der Waals surface area contributed by atoms with Crippen LogP contribution >= 0.6 is 0 Å². The number of rotatable bonds is 5. The first kappa shape index (κ1) is 15.1. The van der Waals surface area contributed by atoms with Gasteiger partial charge in [0.1, 0.15) is 5.69 Å². The summed E-state index contributed by atoms with van der Waals surface area (Å²) < 4.78 is 5.11. The van der Waals surface area contributed by atoms with Crippen LogP contribution in [0, 0.1) is 6.92 Å². The number of carbonyl (C=O) groups excluding carboxylic acids is 1. The molecule has 1 amide bonds. The number of aryl methyl sites for hydroxylation is 1. The second-order valence-electron chi connectivity index (χ2n) is 4.34. The Bertz CT molecular complexity index is 488. The molecule has 1 rings (SSSR count). The third-order valence-electron chi connectivity index (χ3n) is 2.98. The van der Waals surface area contributed by atoms with Crippen LogP contribution in [0.2, 0.25) is 0 Å². The van der Waals surface area contributed by atoms with Crippen molar-refractivity contribution in [2.45, 2.75) is 32.9 Å². The van der Waals surface area contributed by atoms with Gasteiger partial charge < -0.3 is 15.2 Å². The third-order valence-corrected chi connectivity index (χ3v) is 2.98. The summed E-state index contributed by atoms with van der Waals surface area (Å²) in [7, 11) is 1.57. The van der Waals surface area contributed by atoms with Crippen molar-refractivity contribution < 1.29 is 19.4 Å². The molecule has 6 nitrogen and oxygen atoms in total. The molecule has 104 valence electrons. The quantitative estimate of drug-likeness (QED) is 0.837. The van der Waals surface area contributed by atoms with E-state index < -0.39 is 5.97 Å². The number of ether oxygens (including phenoxy) is 1. The molecule has 1 aromatic rings. The van der Waals surface area contributed by atoms with Crippen LogP contribution in [0.4, 0.5) is 0 Å². The van der Waals surface area contributed by atoms with E-state index in [0.717, 1.165) is 0 Å². The average molecular weight is 266 g/mol. The molecule has 0 saturated carbocycles. The summed E-state index contributed by atoms with van der Waals surface area (Å²) in [4.78, 5) is 26.8. The molecular formula is C13H18N2O4. The van der Waals surface area contributed by atoms with Crippen LogP contribution in [0.15, 0.2) is 12.1 Å². The zero-order chi connectivity index (χ0) is 14.6. The molecule has 2 atom stereocenters. The number of aromatic carboxylic acids is 1. The molecule has 1 aromatic heterocycles. The number of carboxylic acids is 1. The molecule has 0 saturated heterocycles. The second kappa shape index (κ2) is 6.29. The van der Waals surface area contributed by atoms with Gasteiger partial charge in [-0.15, -0.1) is 0 Å². The van der Waals surface area contributed by atoms with E-state index in [1.165, 1.54) is 12.1 Å². The minimum atomic E-state index is -1.06. The van der Waals surface area contributed by atoms with E-state index in [1.807, 2.05) is 13.8 Å². The maximum atomic E-state index is 11.9. The van der Waals surface area contributed by atoms with E-state index >= 15 is 0 Å². The number of pyridine rings is 1. The predicted molar refractivity (Wildman–Crippen MR) is 69.3 cm³/mol. The number of hydrogen-bond donors (Lipinski definition) is 2. The van der Waals surface area contributed by atoms with Gasteiger partial charge in [0.2, 0.25) is 0 Å².